The number of hydrogen-bond donors (Lipinski definition) is 0. The summed E-state index contributed by atoms with van der Waals surface area (Å²) in [7, 11) is 0. The number of nitrogens with zero attached hydrogens (tertiary/aromatic N) is 3. The van der Waals surface area contributed by atoms with E-state index in [4.69, 9.17) is 15.0 Å². The molecule has 0 saturated heterocycles. The van der Waals surface area contributed by atoms with Gasteiger partial charge in [-0.15, -0.1) is 11.3 Å². The molecule has 0 atom stereocenters. The van der Waals surface area contributed by atoms with E-state index < -0.39 is 0 Å². The van der Waals surface area contributed by atoms with Crippen LogP contribution in [0.1, 0.15) is 11.1 Å². The maximum atomic E-state index is 5.19. The van der Waals surface area contributed by atoms with E-state index in [1.165, 1.54) is 48.0 Å². The summed E-state index contributed by atoms with van der Waals surface area (Å²) in [6.07, 6.45) is 0.978. The molecule has 0 bridgehead atoms. The number of fused-ring (bicyclic) bond motifs is 6. The monoisotopic (exact) mass is 655 g/mol. The van der Waals surface area contributed by atoms with Crippen LogP contribution in [0, 0.1) is 0 Å². The molecule has 0 unspecified atom stereocenters. The Morgan fingerprint density at radius 3 is 1.70 bits per heavy atom. The summed E-state index contributed by atoms with van der Waals surface area (Å²) in [4.78, 5) is 15.4. The topological polar surface area (TPSA) is 38.7 Å². The molecule has 2 heterocycles. The second-order valence-electron chi connectivity index (χ2n) is 12.8. The summed E-state index contributed by atoms with van der Waals surface area (Å²) in [6.45, 7) is 0. The van der Waals surface area contributed by atoms with E-state index in [0.717, 1.165) is 39.8 Å². The van der Waals surface area contributed by atoms with Crippen LogP contribution in [0.5, 0.6) is 0 Å². The van der Waals surface area contributed by atoms with Crippen LogP contribution in [0.25, 0.3) is 87.7 Å². The van der Waals surface area contributed by atoms with Crippen LogP contribution in [0.2, 0.25) is 0 Å². The smallest absolute Gasteiger partial charge is 0.164 e. The second kappa shape index (κ2) is 11.7. The van der Waals surface area contributed by atoms with E-state index in [2.05, 4.69) is 127 Å². The molecule has 3 nitrogen and oxygen atoms in total. The molecular formula is C46H29N3S. The van der Waals surface area contributed by atoms with Crippen molar-refractivity contribution in [2.45, 2.75) is 6.42 Å². The molecule has 0 aliphatic heterocycles. The van der Waals surface area contributed by atoms with Gasteiger partial charge in [0, 0.05) is 36.9 Å². The first-order chi connectivity index (χ1) is 24.7. The molecular weight excluding hydrogens is 627 g/mol. The number of rotatable bonds is 5. The third-order valence-corrected chi connectivity index (χ3v) is 10.9. The van der Waals surface area contributed by atoms with Gasteiger partial charge in [-0.05, 0) is 75.2 Å². The Kier molecular flexibility index (Phi) is 6.74. The lowest BCUT2D eigenvalue weighted by Crippen LogP contribution is -2.01. The molecule has 0 fully saturated rings. The highest BCUT2D eigenvalue weighted by molar-refractivity contribution is 7.25. The van der Waals surface area contributed by atoms with Crippen molar-refractivity contribution >= 4 is 31.5 Å². The van der Waals surface area contributed by atoms with Crippen molar-refractivity contribution in [3.63, 3.8) is 0 Å². The van der Waals surface area contributed by atoms with Crippen molar-refractivity contribution in [1.29, 1.82) is 0 Å². The average Bonchev–Trinajstić information content (AvgIpc) is 3.76. The third-order valence-electron chi connectivity index (χ3n) is 9.78. The molecule has 7 aromatic carbocycles. The van der Waals surface area contributed by atoms with Crippen LogP contribution < -0.4 is 0 Å². The molecule has 0 spiro atoms. The highest BCUT2D eigenvalue weighted by Crippen LogP contribution is 2.42. The minimum Gasteiger partial charge on any atom is -0.208 e. The fraction of sp³-hybridized carbons (Fsp3) is 0.0217. The molecule has 50 heavy (non-hydrogen) atoms. The van der Waals surface area contributed by atoms with Crippen molar-refractivity contribution in [2.24, 2.45) is 0 Å². The Hall–Kier alpha value is -6.23. The zero-order valence-corrected chi connectivity index (χ0v) is 27.9. The average molecular weight is 656 g/mol. The minimum absolute atomic E-state index is 0.650. The van der Waals surface area contributed by atoms with Crippen LogP contribution in [-0.4, -0.2) is 15.0 Å². The van der Waals surface area contributed by atoms with Crippen molar-refractivity contribution in [2.75, 3.05) is 0 Å². The highest BCUT2D eigenvalue weighted by atomic mass is 32.1. The molecule has 2 aromatic heterocycles. The highest BCUT2D eigenvalue weighted by Gasteiger charge is 2.21. The summed E-state index contributed by atoms with van der Waals surface area (Å²) < 4.78 is 2.56. The lowest BCUT2D eigenvalue weighted by Gasteiger charge is -2.15. The SMILES string of the molecule is c1ccc(-c2nc(-c3ccccc3)nc(-c3cc(-c4ccc5c(c4)-c4ccccc4C5)ccc3-c3ccc4c(c3)sc3ccccc34)n2)cc1. The first-order valence-corrected chi connectivity index (χ1v) is 17.7. The second-order valence-corrected chi connectivity index (χ2v) is 13.9. The fourth-order valence-corrected chi connectivity index (χ4v) is 8.43. The van der Waals surface area contributed by atoms with Gasteiger partial charge in [0.2, 0.25) is 0 Å². The number of thiophene rings is 1. The van der Waals surface area contributed by atoms with Gasteiger partial charge in [0.15, 0.2) is 17.5 Å². The summed E-state index contributed by atoms with van der Waals surface area (Å²) in [5, 5.41) is 2.58. The Morgan fingerprint density at radius 2 is 0.920 bits per heavy atom. The maximum absolute atomic E-state index is 5.19. The first-order valence-electron chi connectivity index (χ1n) is 16.9. The van der Waals surface area contributed by atoms with Gasteiger partial charge < -0.3 is 0 Å². The van der Waals surface area contributed by atoms with Gasteiger partial charge in [-0.1, -0.05) is 140 Å². The quantitative estimate of drug-likeness (QED) is 0.185. The standard InChI is InChI=1S/C46H29N3S/c1-3-11-29(12-4-1)44-47-45(30-13-5-2-6-14-30)49-46(48-44)41-27-32(31-19-20-34-25-33-15-7-8-16-36(33)40(34)26-31)21-23-37(41)35-22-24-39-38-17-9-10-18-42(38)50-43(39)28-35/h1-24,26-28H,25H2. The number of hydrogen-bond acceptors (Lipinski definition) is 4. The van der Waals surface area contributed by atoms with Crippen LogP contribution in [0.4, 0.5) is 0 Å². The molecule has 1 aliphatic carbocycles. The Bertz CT molecular complexity index is 2670. The predicted molar refractivity (Wildman–Crippen MR) is 208 cm³/mol. The summed E-state index contributed by atoms with van der Waals surface area (Å²) in [5.74, 6) is 1.96. The molecule has 0 radical (unpaired) electrons. The van der Waals surface area contributed by atoms with Crippen molar-refractivity contribution in [3.8, 4) is 67.5 Å². The molecule has 0 amide bonds. The Labute approximate surface area is 294 Å². The van der Waals surface area contributed by atoms with Gasteiger partial charge in [0.05, 0.1) is 0 Å². The van der Waals surface area contributed by atoms with Crippen LogP contribution in [0.3, 0.4) is 0 Å². The van der Waals surface area contributed by atoms with E-state index in [-0.39, 0.29) is 0 Å². The van der Waals surface area contributed by atoms with Crippen molar-refractivity contribution in [1.82, 2.24) is 15.0 Å². The van der Waals surface area contributed by atoms with Gasteiger partial charge >= 0.3 is 0 Å². The lowest BCUT2D eigenvalue weighted by molar-refractivity contribution is 1.07. The van der Waals surface area contributed by atoms with Crippen LogP contribution >= 0.6 is 11.3 Å². The first kappa shape index (κ1) is 28.8. The molecule has 234 valence electrons. The van der Waals surface area contributed by atoms with Gasteiger partial charge in [-0.2, -0.15) is 0 Å². The van der Waals surface area contributed by atoms with Crippen LogP contribution in [-0.2, 0) is 6.42 Å². The van der Waals surface area contributed by atoms with E-state index in [1.54, 1.807) is 0 Å². The number of aromatic nitrogens is 3. The lowest BCUT2D eigenvalue weighted by atomic mass is 9.92. The van der Waals surface area contributed by atoms with Gasteiger partial charge in [-0.3, -0.25) is 0 Å². The third kappa shape index (κ3) is 4.92. The Morgan fingerprint density at radius 1 is 0.340 bits per heavy atom. The molecule has 1 aliphatic rings. The zero-order chi connectivity index (χ0) is 33.0. The zero-order valence-electron chi connectivity index (χ0n) is 27.0. The molecule has 10 rings (SSSR count). The number of benzene rings is 7. The minimum atomic E-state index is 0.650. The summed E-state index contributed by atoms with van der Waals surface area (Å²) in [5.41, 5.74) is 12.8. The molecule has 9 aromatic rings. The van der Waals surface area contributed by atoms with Crippen LogP contribution in [0.15, 0.2) is 164 Å². The largest absolute Gasteiger partial charge is 0.208 e. The normalized spacial score (nSPS) is 11.9. The van der Waals surface area contributed by atoms with E-state index in [9.17, 15) is 0 Å². The van der Waals surface area contributed by atoms with Gasteiger partial charge in [0.1, 0.15) is 0 Å². The molecule has 0 N–H and O–H groups in total. The van der Waals surface area contributed by atoms with Gasteiger partial charge in [0.25, 0.3) is 0 Å². The molecule has 0 saturated carbocycles. The maximum Gasteiger partial charge on any atom is 0.164 e. The van der Waals surface area contributed by atoms with Crippen molar-refractivity contribution < 1.29 is 0 Å². The summed E-state index contributed by atoms with van der Waals surface area (Å²) in [6, 6.07) is 58.3. The van der Waals surface area contributed by atoms with Gasteiger partial charge in [-0.25, -0.2) is 15.0 Å². The van der Waals surface area contributed by atoms with E-state index in [1.807, 2.05) is 47.7 Å². The Balaban J connectivity index is 1.20. The molecule has 4 heteroatoms. The predicted octanol–water partition coefficient (Wildman–Crippen LogP) is 12.1. The van der Waals surface area contributed by atoms with E-state index in [0.29, 0.717) is 17.5 Å². The van der Waals surface area contributed by atoms with Crippen molar-refractivity contribution in [3.05, 3.63) is 175 Å². The fourth-order valence-electron chi connectivity index (χ4n) is 7.29. The summed E-state index contributed by atoms with van der Waals surface area (Å²) >= 11 is 1.84. The van der Waals surface area contributed by atoms with E-state index >= 15 is 0 Å².